The van der Waals surface area contributed by atoms with E-state index in [9.17, 15) is 12.8 Å². The maximum Gasteiger partial charge on any atom is 0.235 e. The molecule has 12 heteroatoms. The van der Waals surface area contributed by atoms with Crippen LogP contribution < -0.4 is 10.0 Å². The summed E-state index contributed by atoms with van der Waals surface area (Å²) in [5.41, 5.74) is 0.583. The van der Waals surface area contributed by atoms with Gasteiger partial charge in [0.05, 0.1) is 22.8 Å². The third-order valence-electron chi connectivity index (χ3n) is 4.81. The van der Waals surface area contributed by atoms with Gasteiger partial charge in [-0.25, -0.2) is 37.1 Å². The number of hydrogen-bond acceptors (Lipinski definition) is 7. The molecule has 158 valence electrons. The van der Waals surface area contributed by atoms with Gasteiger partial charge >= 0.3 is 0 Å². The summed E-state index contributed by atoms with van der Waals surface area (Å²) in [5.74, 6) is -1.85. The quantitative estimate of drug-likeness (QED) is 0.470. The highest BCUT2D eigenvalue weighted by Gasteiger charge is 2.36. The van der Waals surface area contributed by atoms with Crippen LogP contribution in [0.25, 0.3) is 16.9 Å². The van der Waals surface area contributed by atoms with Crippen LogP contribution in [0.1, 0.15) is 12.8 Å². The van der Waals surface area contributed by atoms with Crippen LogP contribution in [-0.2, 0) is 10.0 Å². The predicted octanol–water partition coefficient (Wildman–Crippen LogP) is 3.14. The molecule has 3 heterocycles. The van der Waals surface area contributed by atoms with Crippen molar-refractivity contribution in [3.63, 3.8) is 0 Å². The number of rotatable bonds is 6. The van der Waals surface area contributed by atoms with Gasteiger partial charge in [0, 0.05) is 6.20 Å². The van der Waals surface area contributed by atoms with E-state index in [4.69, 9.17) is 0 Å². The fourth-order valence-electron chi connectivity index (χ4n) is 3.11. The number of halogens is 2. The average molecular weight is 443 g/mol. The van der Waals surface area contributed by atoms with Crippen molar-refractivity contribution in [2.45, 2.75) is 18.1 Å². The number of aromatic nitrogens is 5. The van der Waals surface area contributed by atoms with Gasteiger partial charge < -0.3 is 5.32 Å². The van der Waals surface area contributed by atoms with Crippen molar-refractivity contribution in [2.24, 2.45) is 0 Å². The largest absolute Gasteiger partial charge is 0.334 e. The molecule has 5 rings (SSSR count). The maximum atomic E-state index is 15.1. The molecular formula is C19H15F2N7O2S. The van der Waals surface area contributed by atoms with Gasteiger partial charge in [-0.3, -0.25) is 9.29 Å². The second-order valence-corrected chi connectivity index (χ2v) is 8.93. The number of hydrogen-bond donors (Lipinski definition) is 2. The van der Waals surface area contributed by atoms with E-state index < -0.39 is 32.6 Å². The average Bonchev–Trinajstić information content (AvgIpc) is 3.55. The van der Waals surface area contributed by atoms with Gasteiger partial charge in [0.2, 0.25) is 10.0 Å². The summed E-state index contributed by atoms with van der Waals surface area (Å²) in [6, 6.07) is 5.36. The van der Waals surface area contributed by atoms with E-state index in [1.165, 1.54) is 25.0 Å². The molecule has 0 spiro atoms. The van der Waals surface area contributed by atoms with Gasteiger partial charge in [-0.1, -0.05) is 0 Å². The molecule has 0 saturated heterocycles. The van der Waals surface area contributed by atoms with Gasteiger partial charge in [0.15, 0.2) is 17.3 Å². The van der Waals surface area contributed by atoms with E-state index in [2.05, 4.69) is 30.0 Å². The Bertz CT molecular complexity index is 1400. The number of nitrogens with one attached hydrogen (secondary N) is 2. The van der Waals surface area contributed by atoms with Crippen molar-refractivity contribution in [3.8, 4) is 5.69 Å². The standard InChI is InChI=1S/C19H15F2N7O2S/c20-12-5-6-13(27-31(29,30)11-3-4-11)16(21)17(12)26-18-15(2-1-7-23-18)28-10-25-14-8-22-9-24-19(14)28/h1-2,5-11,27H,3-4H2,(H,23,26). The number of nitrogens with zero attached hydrogens (tertiary/aromatic N) is 5. The summed E-state index contributed by atoms with van der Waals surface area (Å²) in [4.78, 5) is 16.5. The van der Waals surface area contributed by atoms with E-state index in [0.717, 1.165) is 12.1 Å². The lowest BCUT2D eigenvalue weighted by atomic mass is 10.2. The van der Waals surface area contributed by atoms with Crippen molar-refractivity contribution in [1.29, 1.82) is 0 Å². The molecule has 0 bridgehead atoms. The monoisotopic (exact) mass is 443 g/mol. The van der Waals surface area contributed by atoms with Gasteiger partial charge in [-0.05, 0) is 37.1 Å². The number of benzene rings is 1. The third-order valence-corrected chi connectivity index (χ3v) is 6.66. The first-order valence-electron chi connectivity index (χ1n) is 9.29. The summed E-state index contributed by atoms with van der Waals surface area (Å²) < 4.78 is 57.7. The Morgan fingerprint density at radius 3 is 2.74 bits per heavy atom. The first kappa shape index (κ1) is 19.3. The minimum atomic E-state index is -3.72. The van der Waals surface area contributed by atoms with Crippen LogP contribution in [0.5, 0.6) is 0 Å². The molecule has 0 unspecified atom stereocenters. The number of anilines is 3. The number of fused-ring (bicyclic) bond motifs is 1. The highest BCUT2D eigenvalue weighted by atomic mass is 32.2. The van der Waals surface area contributed by atoms with Gasteiger partial charge in [0.1, 0.15) is 29.7 Å². The van der Waals surface area contributed by atoms with Crippen LogP contribution >= 0.6 is 0 Å². The molecule has 0 atom stereocenters. The molecule has 1 aliphatic carbocycles. The van der Waals surface area contributed by atoms with Crippen LogP contribution in [0.2, 0.25) is 0 Å². The lowest BCUT2D eigenvalue weighted by Gasteiger charge is -2.15. The van der Waals surface area contributed by atoms with Gasteiger partial charge in [-0.2, -0.15) is 0 Å². The summed E-state index contributed by atoms with van der Waals surface area (Å²) in [6.45, 7) is 0. The summed E-state index contributed by atoms with van der Waals surface area (Å²) >= 11 is 0. The molecule has 0 amide bonds. The van der Waals surface area contributed by atoms with Crippen molar-refractivity contribution >= 4 is 38.4 Å². The molecule has 2 N–H and O–H groups in total. The lowest BCUT2D eigenvalue weighted by molar-refractivity contribution is 0.588. The topological polar surface area (TPSA) is 115 Å². The van der Waals surface area contributed by atoms with Crippen molar-refractivity contribution in [3.05, 3.63) is 60.9 Å². The summed E-state index contributed by atoms with van der Waals surface area (Å²) in [5, 5.41) is 2.10. The Morgan fingerprint density at radius 2 is 1.94 bits per heavy atom. The van der Waals surface area contributed by atoms with E-state index >= 15 is 4.39 Å². The number of sulfonamides is 1. The highest BCUT2D eigenvalue weighted by molar-refractivity contribution is 7.93. The smallest absolute Gasteiger partial charge is 0.235 e. The molecule has 1 aliphatic rings. The van der Waals surface area contributed by atoms with Crippen LogP contribution in [-0.4, -0.2) is 38.2 Å². The van der Waals surface area contributed by atoms with E-state index in [-0.39, 0.29) is 11.5 Å². The van der Waals surface area contributed by atoms with Crippen molar-refractivity contribution in [2.75, 3.05) is 10.0 Å². The second kappa shape index (κ2) is 7.23. The highest BCUT2D eigenvalue weighted by Crippen LogP contribution is 2.34. The van der Waals surface area contributed by atoms with Crippen LogP contribution in [0.3, 0.4) is 0 Å². The number of imidazole rings is 1. The molecule has 1 fully saturated rings. The lowest BCUT2D eigenvalue weighted by Crippen LogP contribution is -2.18. The fraction of sp³-hybridized carbons (Fsp3) is 0.158. The van der Waals surface area contributed by atoms with Crippen LogP contribution in [0.15, 0.2) is 49.3 Å². The molecule has 1 aromatic carbocycles. The predicted molar refractivity (Wildman–Crippen MR) is 110 cm³/mol. The second-order valence-electron chi connectivity index (χ2n) is 6.97. The molecule has 4 aromatic rings. The first-order chi connectivity index (χ1) is 14.9. The molecular weight excluding hydrogens is 428 g/mol. The Labute approximate surface area is 175 Å². The van der Waals surface area contributed by atoms with Crippen molar-refractivity contribution < 1.29 is 17.2 Å². The van der Waals surface area contributed by atoms with E-state index in [1.807, 2.05) is 0 Å². The Balaban J connectivity index is 1.55. The number of pyridine rings is 1. The molecule has 9 nitrogen and oxygen atoms in total. The Hall–Kier alpha value is -3.67. The summed E-state index contributed by atoms with van der Waals surface area (Å²) in [7, 11) is -3.72. The zero-order valence-corrected chi connectivity index (χ0v) is 16.6. The van der Waals surface area contributed by atoms with Gasteiger partial charge in [0.25, 0.3) is 0 Å². The van der Waals surface area contributed by atoms with E-state index in [1.54, 1.807) is 16.7 Å². The molecule has 0 radical (unpaired) electrons. The van der Waals surface area contributed by atoms with E-state index in [0.29, 0.717) is 29.7 Å². The minimum Gasteiger partial charge on any atom is -0.334 e. The summed E-state index contributed by atoms with van der Waals surface area (Å²) in [6.07, 6.45) is 6.88. The zero-order chi connectivity index (χ0) is 21.6. The van der Waals surface area contributed by atoms with Crippen LogP contribution in [0.4, 0.5) is 26.0 Å². The third kappa shape index (κ3) is 3.54. The van der Waals surface area contributed by atoms with Crippen LogP contribution in [0, 0.1) is 11.6 Å². The Morgan fingerprint density at radius 1 is 1.10 bits per heavy atom. The molecule has 31 heavy (non-hydrogen) atoms. The Kier molecular flexibility index (Phi) is 4.50. The fourth-order valence-corrected chi connectivity index (χ4v) is 4.50. The molecule has 3 aromatic heterocycles. The van der Waals surface area contributed by atoms with Crippen molar-refractivity contribution in [1.82, 2.24) is 24.5 Å². The normalized spacial score (nSPS) is 14.0. The van der Waals surface area contributed by atoms with Gasteiger partial charge in [-0.15, -0.1) is 0 Å². The molecule has 0 aliphatic heterocycles. The SMILES string of the molecule is O=S(=O)(Nc1ccc(F)c(Nc2ncccc2-n2cnc3cncnc32)c1F)C1CC1. The first-order valence-corrected chi connectivity index (χ1v) is 10.8. The maximum absolute atomic E-state index is 15.1. The molecule has 1 saturated carbocycles. The zero-order valence-electron chi connectivity index (χ0n) is 15.8. The minimum absolute atomic E-state index is 0.125.